The Kier molecular flexibility index (Phi) is 4.38. The molecular formula is C16H21NO2. The number of carbonyl (C=O) groups is 1. The molecule has 3 nitrogen and oxygen atoms in total. The first kappa shape index (κ1) is 13.8. The van der Waals surface area contributed by atoms with Crippen molar-refractivity contribution < 1.29 is 9.90 Å². The van der Waals surface area contributed by atoms with Crippen LogP contribution in [-0.4, -0.2) is 35.1 Å². The van der Waals surface area contributed by atoms with Crippen LogP contribution in [0.1, 0.15) is 37.3 Å². The first-order chi connectivity index (χ1) is 9.06. The minimum Gasteiger partial charge on any atom is -0.391 e. The van der Waals surface area contributed by atoms with Gasteiger partial charge < -0.3 is 10.0 Å². The molecule has 1 N–H and O–H groups in total. The largest absolute Gasteiger partial charge is 0.391 e. The lowest BCUT2D eigenvalue weighted by atomic mass is 10.0. The summed E-state index contributed by atoms with van der Waals surface area (Å²) in [5.41, 5.74) is 2.32. The number of rotatable bonds is 3. The summed E-state index contributed by atoms with van der Waals surface area (Å²) in [4.78, 5) is 13.6. The first-order valence-corrected chi connectivity index (χ1v) is 6.81. The molecule has 0 saturated carbocycles. The Hall–Kier alpha value is -1.61. The molecule has 0 unspecified atom stereocenters. The third-order valence-corrected chi connectivity index (χ3v) is 3.50. The standard InChI is InChI=1S/C16H21NO2/c1-12(2)14-6-3-13(4-7-14)5-8-16(19)17-10-9-15(18)11-17/h3-8,12,15,18H,9-11H2,1-2H3/t15-/m0/s1. The van der Waals surface area contributed by atoms with E-state index >= 15 is 0 Å². The van der Waals surface area contributed by atoms with Gasteiger partial charge in [0, 0.05) is 19.2 Å². The van der Waals surface area contributed by atoms with Gasteiger partial charge in [-0.25, -0.2) is 0 Å². The highest BCUT2D eigenvalue weighted by Crippen LogP contribution is 2.15. The number of benzene rings is 1. The molecule has 1 aliphatic rings. The zero-order chi connectivity index (χ0) is 13.8. The van der Waals surface area contributed by atoms with E-state index in [-0.39, 0.29) is 12.0 Å². The Morgan fingerprint density at radius 3 is 2.58 bits per heavy atom. The Morgan fingerprint density at radius 1 is 1.37 bits per heavy atom. The number of carbonyl (C=O) groups excluding carboxylic acids is 1. The Bertz CT molecular complexity index is 462. The normalized spacial score (nSPS) is 19.6. The molecule has 1 amide bonds. The second kappa shape index (κ2) is 6.02. The maximum atomic E-state index is 11.9. The van der Waals surface area contributed by atoms with Crippen LogP contribution in [0, 0.1) is 0 Å². The molecule has 1 aliphatic heterocycles. The molecule has 3 heteroatoms. The van der Waals surface area contributed by atoms with E-state index in [1.165, 1.54) is 5.56 Å². The van der Waals surface area contributed by atoms with Crippen molar-refractivity contribution in [1.82, 2.24) is 4.90 Å². The molecule has 0 aromatic heterocycles. The Morgan fingerprint density at radius 2 is 2.05 bits per heavy atom. The lowest BCUT2D eigenvalue weighted by Gasteiger charge is -2.12. The van der Waals surface area contributed by atoms with E-state index in [2.05, 4.69) is 26.0 Å². The molecule has 0 aliphatic carbocycles. The maximum Gasteiger partial charge on any atom is 0.246 e. The van der Waals surface area contributed by atoms with Gasteiger partial charge in [-0.15, -0.1) is 0 Å². The number of aliphatic hydroxyl groups is 1. The van der Waals surface area contributed by atoms with Gasteiger partial charge in [-0.2, -0.15) is 0 Å². The van der Waals surface area contributed by atoms with E-state index in [0.29, 0.717) is 25.4 Å². The average Bonchev–Trinajstić information content (AvgIpc) is 2.83. The molecule has 1 atom stereocenters. The second-order valence-corrected chi connectivity index (χ2v) is 5.38. The molecule has 1 aromatic rings. The average molecular weight is 259 g/mol. The van der Waals surface area contributed by atoms with Crippen molar-refractivity contribution in [3.8, 4) is 0 Å². The van der Waals surface area contributed by atoms with Crippen LogP contribution in [0.25, 0.3) is 6.08 Å². The van der Waals surface area contributed by atoms with Crippen LogP contribution < -0.4 is 0 Å². The fourth-order valence-corrected chi connectivity index (χ4v) is 2.21. The van der Waals surface area contributed by atoms with Crippen LogP contribution in [0.3, 0.4) is 0 Å². The molecule has 0 bridgehead atoms. The van der Waals surface area contributed by atoms with Crippen molar-refractivity contribution in [3.05, 3.63) is 41.5 Å². The summed E-state index contributed by atoms with van der Waals surface area (Å²) in [6.45, 7) is 5.42. The number of β-amino-alcohol motifs (C(OH)–C–C–N with tert-alkyl or cyclic N) is 1. The quantitative estimate of drug-likeness (QED) is 0.847. The lowest BCUT2D eigenvalue weighted by molar-refractivity contribution is -0.125. The molecule has 19 heavy (non-hydrogen) atoms. The summed E-state index contributed by atoms with van der Waals surface area (Å²) in [5, 5.41) is 9.40. The number of hydrogen-bond acceptors (Lipinski definition) is 2. The Labute approximate surface area is 114 Å². The summed E-state index contributed by atoms with van der Waals surface area (Å²) >= 11 is 0. The molecular weight excluding hydrogens is 238 g/mol. The number of likely N-dealkylation sites (tertiary alicyclic amines) is 1. The second-order valence-electron chi connectivity index (χ2n) is 5.38. The predicted octanol–water partition coefficient (Wildman–Crippen LogP) is 2.42. The highest BCUT2D eigenvalue weighted by Gasteiger charge is 2.22. The minimum absolute atomic E-state index is 0.0236. The highest BCUT2D eigenvalue weighted by molar-refractivity contribution is 5.92. The van der Waals surface area contributed by atoms with Crippen LogP contribution in [0.4, 0.5) is 0 Å². The van der Waals surface area contributed by atoms with Gasteiger partial charge in [0.1, 0.15) is 0 Å². The van der Waals surface area contributed by atoms with Gasteiger partial charge in [-0.1, -0.05) is 38.1 Å². The molecule has 0 radical (unpaired) electrons. The van der Waals surface area contributed by atoms with E-state index in [0.717, 1.165) is 5.56 Å². The van der Waals surface area contributed by atoms with Crippen LogP contribution in [0.2, 0.25) is 0 Å². The number of aliphatic hydroxyl groups excluding tert-OH is 1. The van der Waals surface area contributed by atoms with Crippen molar-refractivity contribution in [2.75, 3.05) is 13.1 Å². The SMILES string of the molecule is CC(C)c1ccc(C=CC(=O)N2CC[C@H](O)C2)cc1. The third kappa shape index (κ3) is 3.67. The molecule has 2 rings (SSSR count). The fourth-order valence-electron chi connectivity index (χ4n) is 2.21. The third-order valence-electron chi connectivity index (χ3n) is 3.50. The predicted molar refractivity (Wildman–Crippen MR) is 76.8 cm³/mol. The van der Waals surface area contributed by atoms with Gasteiger partial charge in [0.25, 0.3) is 0 Å². The van der Waals surface area contributed by atoms with Crippen LogP contribution in [0.5, 0.6) is 0 Å². The first-order valence-electron chi connectivity index (χ1n) is 6.81. The van der Waals surface area contributed by atoms with Crippen LogP contribution in [0.15, 0.2) is 30.3 Å². The summed E-state index contributed by atoms with van der Waals surface area (Å²) in [7, 11) is 0. The lowest BCUT2D eigenvalue weighted by Crippen LogP contribution is -2.27. The summed E-state index contributed by atoms with van der Waals surface area (Å²) in [6.07, 6.45) is 3.74. The molecule has 1 fully saturated rings. The number of hydrogen-bond donors (Lipinski definition) is 1. The van der Waals surface area contributed by atoms with E-state index in [4.69, 9.17) is 0 Å². The minimum atomic E-state index is -0.359. The smallest absolute Gasteiger partial charge is 0.246 e. The molecule has 1 saturated heterocycles. The van der Waals surface area contributed by atoms with Gasteiger partial charge in [-0.05, 0) is 29.5 Å². The number of nitrogens with zero attached hydrogens (tertiary/aromatic N) is 1. The van der Waals surface area contributed by atoms with Gasteiger partial charge in [0.05, 0.1) is 6.10 Å². The van der Waals surface area contributed by atoms with Gasteiger partial charge in [0.2, 0.25) is 5.91 Å². The van der Waals surface area contributed by atoms with Crippen LogP contribution >= 0.6 is 0 Å². The molecule has 1 heterocycles. The summed E-state index contributed by atoms with van der Waals surface area (Å²) in [5.74, 6) is 0.496. The Balaban J connectivity index is 1.96. The molecule has 0 spiro atoms. The highest BCUT2D eigenvalue weighted by atomic mass is 16.3. The van der Waals surface area contributed by atoms with Crippen molar-refractivity contribution in [1.29, 1.82) is 0 Å². The van der Waals surface area contributed by atoms with Gasteiger partial charge in [-0.3, -0.25) is 4.79 Å². The number of amides is 1. The van der Waals surface area contributed by atoms with Crippen molar-refractivity contribution in [2.45, 2.75) is 32.3 Å². The van der Waals surface area contributed by atoms with Crippen LogP contribution in [-0.2, 0) is 4.79 Å². The molecule has 1 aromatic carbocycles. The van der Waals surface area contributed by atoms with Gasteiger partial charge >= 0.3 is 0 Å². The molecule has 102 valence electrons. The maximum absolute atomic E-state index is 11.9. The van der Waals surface area contributed by atoms with Crippen molar-refractivity contribution in [2.24, 2.45) is 0 Å². The zero-order valence-electron chi connectivity index (χ0n) is 11.5. The van der Waals surface area contributed by atoms with E-state index < -0.39 is 0 Å². The van der Waals surface area contributed by atoms with Crippen molar-refractivity contribution in [3.63, 3.8) is 0 Å². The van der Waals surface area contributed by atoms with Gasteiger partial charge in [0.15, 0.2) is 0 Å². The summed E-state index contributed by atoms with van der Waals surface area (Å²) < 4.78 is 0. The van der Waals surface area contributed by atoms with Crippen molar-refractivity contribution >= 4 is 12.0 Å². The topological polar surface area (TPSA) is 40.5 Å². The summed E-state index contributed by atoms with van der Waals surface area (Å²) in [6, 6.07) is 8.23. The zero-order valence-corrected chi connectivity index (χ0v) is 11.5. The van der Waals surface area contributed by atoms with E-state index in [1.54, 1.807) is 11.0 Å². The van der Waals surface area contributed by atoms with E-state index in [9.17, 15) is 9.90 Å². The fraction of sp³-hybridized carbons (Fsp3) is 0.438. The van der Waals surface area contributed by atoms with E-state index in [1.807, 2.05) is 18.2 Å². The monoisotopic (exact) mass is 259 g/mol.